The van der Waals surface area contributed by atoms with Crippen molar-refractivity contribution in [3.63, 3.8) is 0 Å². The highest BCUT2D eigenvalue weighted by Gasteiger charge is 1.96. The van der Waals surface area contributed by atoms with E-state index in [1.165, 1.54) is 42.4 Å². The van der Waals surface area contributed by atoms with Crippen LogP contribution in [0.5, 0.6) is 0 Å². The van der Waals surface area contributed by atoms with Crippen molar-refractivity contribution >= 4 is 0 Å². The van der Waals surface area contributed by atoms with E-state index < -0.39 is 0 Å². The van der Waals surface area contributed by atoms with Gasteiger partial charge in [0.2, 0.25) is 0 Å². The molecule has 0 spiro atoms. The minimum atomic E-state index is 1.19. The van der Waals surface area contributed by atoms with Gasteiger partial charge in [-0.1, -0.05) is 34.9 Å². The molecule has 1 rings (SSSR count). The van der Waals surface area contributed by atoms with E-state index in [2.05, 4.69) is 39.0 Å². The molecule has 72 valence electrons. The van der Waals surface area contributed by atoms with E-state index >= 15 is 0 Å². The van der Waals surface area contributed by atoms with E-state index in [1.54, 1.807) is 0 Å². The molecule has 0 aliphatic heterocycles. The molecule has 0 aromatic carbocycles. The van der Waals surface area contributed by atoms with E-state index in [9.17, 15) is 0 Å². The molecular weight excluding hydrogens is 156 g/mol. The first kappa shape index (κ1) is 10.3. The van der Waals surface area contributed by atoms with Gasteiger partial charge in [-0.2, -0.15) is 0 Å². The van der Waals surface area contributed by atoms with Gasteiger partial charge in [-0.15, -0.1) is 0 Å². The molecule has 0 amide bonds. The summed E-state index contributed by atoms with van der Waals surface area (Å²) in [6, 6.07) is 0. The molecule has 1 aliphatic carbocycles. The summed E-state index contributed by atoms with van der Waals surface area (Å²) in [5.41, 5.74) is 4.44. The molecule has 0 nitrogen and oxygen atoms in total. The van der Waals surface area contributed by atoms with Gasteiger partial charge >= 0.3 is 0 Å². The summed E-state index contributed by atoms with van der Waals surface area (Å²) in [7, 11) is 0. The van der Waals surface area contributed by atoms with Gasteiger partial charge in [0, 0.05) is 0 Å². The third-order valence-electron chi connectivity index (χ3n) is 2.72. The van der Waals surface area contributed by atoms with Crippen molar-refractivity contribution in [3.8, 4) is 0 Å². The van der Waals surface area contributed by atoms with Gasteiger partial charge < -0.3 is 0 Å². The fourth-order valence-corrected chi connectivity index (χ4v) is 1.57. The monoisotopic (exact) mass is 176 g/mol. The van der Waals surface area contributed by atoms with Gasteiger partial charge in [-0.3, -0.25) is 0 Å². The topological polar surface area (TPSA) is 0 Å². The summed E-state index contributed by atoms with van der Waals surface area (Å²) in [6.07, 6.45) is 11.9. The third kappa shape index (κ3) is 3.63. The second-order valence-electron chi connectivity index (χ2n) is 3.94. The molecule has 0 heteroatoms. The molecule has 0 N–H and O–H groups in total. The first-order valence-corrected chi connectivity index (χ1v) is 5.19. The van der Waals surface area contributed by atoms with Crippen LogP contribution in [-0.2, 0) is 0 Å². The Labute approximate surface area is 82.0 Å². The Morgan fingerprint density at radius 2 is 1.31 bits per heavy atom. The summed E-state index contributed by atoms with van der Waals surface area (Å²) in [6.45, 7) is 6.66. The minimum Gasteiger partial charge on any atom is -0.0853 e. The maximum Gasteiger partial charge on any atom is -0.0288 e. The molecule has 0 saturated heterocycles. The number of allylic oxidation sites excluding steroid dienone is 6. The molecule has 0 unspecified atom stereocenters. The fourth-order valence-electron chi connectivity index (χ4n) is 1.57. The maximum atomic E-state index is 2.37. The van der Waals surface area contributed by atoms with Gasteiger partial charge in [0.15, 0.2) is 0 Å². The Bertz CT molecular complexity index is 251. The predicted octanol–water partition coefficient (Wildman–Crippen LogP) is 4.40. The van der Waals surface area contributed by atoms with E-state index in [1.807, 2.05) is 0 Å². The minimum absolute atomic E-state index is 1.19. The fraction of sp³-hybridized carbons (Fsp3) is 0.538. The molecule has 0 fully saturated rings. The van der Waals surface area contributed by atoms with Crippen molar-refractivity contribution in [2.75, 3.05) is 0 Å². The molecule has 0 bridgehead atoms. The van der Waals surface area contributed by atoms with Gasteiger partial charge in [0.05, 0.1) is 0 Å². The standard InChI is InChI=1S/C13H20/c1-11-7-4-5-9-12(2)13(3)10-6-8-11/h7,9-10H,4-6,8H2,1-3H3/b11-7-,12-9-,13-10-. The highest BCUT2D eigenvalue weighted by molar-refractivity contribution is 5.27. The average molecular weight is 176 g/mol. The zero-order valence-electron chi connectivity index (χ0n) is 9.06. The smallest absolute Gasteiger partial charge is 0.0288 e. The van der Waals surface area contributed by atoms with Crippen molar-refractivity contribution in [3.05, 3.63) is 34.9 Å². The van der Waals surface area contributed by atoms with Crippen LogP contribution in [0.25, 0.3) is 0 Å². The Kier molecular flexibility index (Phi) is 4.01. The maximum absolute atomic E-state index is 2.37. The van der Waals surface area contributed by atoms with E-state index in [-0.39, 0.29) is 0 Å². The lowest BCUT2D eigenvalue weighted by molar-refractivity contribution is 0.925. The van der Waals surface area contributed by atoms with Crippen molar-refractivity contribution in [2.45, 2.75) is 46.5 Å². The van der Waals surface area contributed by atoms with Crippen molar-refractivity contribution in [1.82, 2.24) is 0 Å². The number of rotatable bonds is 0. The summed E-state index contributed by atoms with van der Waals surface area (Å²) in [5.74, 6) is 0. The van der Waals surface area contributed by atoms with Crippen LogP contribution < -0.4 is 0 Å². The molecule has 0 aromatic rings. The first-order valence-electron chi connectivity index (χ1n) is 5.19. The molecule has 13 heavy (non-hydrogen) atoms. The molecule has 0 aromatic heterocycles. The lowest BCUT2D eigenvalue weighted by atomic mass is 10.0. The second kappa shape index (κ2) is 5.06. The predicted molar refractivity (Wildman–Crippen MR) is 59.7 cm³/mol. The number of hydrogen-bond acceptors (Lipinski definition) is 0. The van der Waals surface area contributed by atoms with Gasteiger partial charge in [-0.05, 0) is 46.5 Å². The molecule has 0 saturated carbocycles. The molecule has 0 atom stereocenters. The van der Waals surface area contributed by atoms with E-state index in [4.69, 9.17) is 0 Å². The Balaban J connectivity index is 2.72. The van der Waals surface area contributed by atoms with Crippen LogP contribution >= 0.6 is 0 Å². The van der Waals surface area contributed by atoms with Crippen LogP contribution in [0.15, 0.2) is 34.9 Å². The highest BCUT2D eigenvalue weighted by atomic mass is 14.0. The lowest BCUT2D eigenvalue weighted by Gasteiger charge is -2.05. The molecule has 0 heterocycles. The number of hydrogen-bond donors (Lipinski definition) is 0. The van der Waals surface area contributed by atoms with Gasteiger partial charge in [0.1, 0.15) is 0 Å². The SMILES string of the molecule is C/C1=C/CC/C=C(C)\C(C)=C/CC1. The van der Waals surface area contributed by atoms with Gasteiger partial charge in [-0.25, -0.2) is 0 Å². The van der Waals surface area contributed by atoms with Crippen LogP contribution in [0.4, 0.5) is 0 Å². The van der Waals surface area contributed by atoms with E-state index in [0.29, 0.717) is 0 Å². The molecular formula is C13H20. The largest absolute Gasteiger partial charge is 0.0853 e. The van der Waals surface area contributed by atoms with Crippen LogP contribution in [-0.4, -0.2) is 0 Å². The molecule has 0 radical (unpaired) electrons. The van der Waals surface area contributed by atoms with Crippen LogP contribution in [0.3, 0.4) is 0 Å². The first-order chi connectivity index (χ1) is 6.20. The van der Waals surface area contributed by atoms with Crippen LogP contribution in [0.2, 0.25) is 0 Å². The van der Waals surface area contributed by atoms with Crippen molar-refractivity contribution in [2.24, 2.45) is 0 Å². The van der Waals surface area contributed by atoms with Gasteiger partial charge in [0.25, 0.3) is 0 Å². The zero-order valence-corrected chi connectivity index (χ0v) is 9.06. The van der Waals surface area contributed by atoms with E-state index in [0.717, 1.165) is 0 Å². The second-order valence-corrected chi connectivity index (χ2v) is 3.94. The molecule has 1 aliphatic rings. The lowest BCUT2D eigenvalue weighted by Crippen LogP contribution is -1.85. The zero-order chi connectivity index (χ0) is 9.68. The third-order valence-corrected chi connectivity index (χ3v) is 2.72. The summed E-state index contributed by atoms with van der Waals surface area (Å²) >= 11 is 0. The van der Waals surface area contributed by atoms with Crippen molar-refractivity contribution < 1.29 is 0 Å². The van der Waals surface area contributed by atoms with Crippen molar-refractivity contribution in [1.29, 1.82) is 0 Å². The Hall–Kier alpha value is -0.780. The quantitative estimate of drug-likeness (QED) is 0.480. The summed E-state index contributed by atoms with van der Waals surface area (Å²) in [4.78, 5) is 0. The van der Waals surface area contributed by atoms with Crippen LogP contribution in [0, 0.1) is 0 Å². The summed E-state index contributed by atoms with van der Waals surface area (Å²) in [5, 5.41) is 0. The summed E-state index contributed by atoms with van der Waals surface area (Å²) < 4.78 is 0. The average Bonchev–Trinajstić information content (AvgIpc) is 2.11. The Morgan fingerprint density at radius 1 is 0.769 bits per heavy atom. The van der Waals surface area contributed by atoms with Crippen LogP contribution in [0.1, 0.15) is 46.5 Å². The normalized spacial score (nSPS) is 32.1. The highest BCUT2D eigenvalue weighted by Crippen LogP contribution is 2.16. The Morgan fingerprint density at radius 3 is 2.00 bits per heavy atom.